The zero-order valence-corrected chi connectivity index (χ0v) is 11.5. The molecule has 0 saturated carbocycles. The van der Waals surface area contributed by atoms with Gasteiger partial charge in [-0.1, -0.05) is 18.2 Å². The second kappa shape index (κ2) is 6.76. The van der Waals surface area contributed by atoms with Crippen molar-refractivity contribution in [2.45, 2.75) is 12.5 Å². The zero-order chi connectivity index (χ0) is 15.2. The maximum Gasteiger partial charge on any atom is 0.404 e. The number of amides is 2. The average Bonchev–Trinajstić information content (AvgIpc) is 2.86. The lowest BCUT2D eigenvalue weighted by atomic mass is 10.1. The molecule has 1 heterocycles. The van der Waals surface area contributed by atoms with Crippen LogP contribution in [0.15, 0.2) is 30.5 Å². The lowest BCUT2D eigenvalue weighted by Gasteiger charge is -2.11. The zero-order valence-electron chi connectivity index (χ0n) is 11.5. The minimum Gasteiger partial charge on any atom is -0.448 e. The molecule has 1 atom stereocenters. The maximum atomic E-state index is 11.8. The van der Waals surface area contributed by atoms with Gasteiger partial charge in [0.2, 0.25) is 5.91 Å². The van der Waals surface area contributed by atoms with Crippen molar-refractivity contribution in [3.05, 3.63) is 36.0 Å². The average molecular weight is 290 g/mol. The first-order chi connectivity index (χ1) is 10.1. The summed E-state index contributed by atoms with van der Waals surface area (Å²) in [6, 6.07) is 7.15. The lowest BCUT2D eigenvalue weighted by molar-refractivity contribution is -0.122. The number of aromatic amines is 1. The summed E-state index contributed by atoms with van der Waals surface area (Å²) >= 11 is 0. The Kier molecular flexibility index (Phi) is 4.78. The monoisotopic (exact) mass is 290 g/mol. The molecule has 7 heteroatoms. The van der Waals surface area contributed by atoms with Gasteiger partial charge in [0.1, 0.15) is 6.61 Å². The van der Waals surface area contributed by atoms with Gasteiger partial charge in [0.25, 0.3) is 0 Å². The Morgan fingerprint density at radius 1 is 1.33 bits per heavy atom. The number of primary amides is 1. The molecule has 0 aliphatic carbocycles. The minimum atomic E-state index is -0.868. The molecule has 1 unspecified atom stereocenters. The molecule has 2 rings (SSSR count). The Morgan fingerprint density at radius 3 is 2.86 bits per heavy atom. The van der Waals surface area contributed by atoms with Crippen LogP contribution < -0.4 is 16.8 Å². The van der Waals surface area contributed by atoms with Crippen LogP contribution in [0.25, 0.3) is 10.9 Å². The Bertz CT molecular complexity index is 638. The first kappa shape index (κ1) is 14.9. The number of benzene rings is 1. The normalized spacial score (nSPS) is 12.0. The number of nitrogens with two attached hydrogens (primary N) is 2. The molecule has 112 valence electrons. The Morgan fingerprint density at radius 2 is 2.10 bits per heavy atom. The first-order valence-corrected chi connectivity index (χ1v) is 6.58. The van der Waals surface area contributed by atoms with Crippen molar-refractivity contribution in [3.63, 3.8) is 0 Å². The second-order valence-corrected chi connectivity index (χ2v) is 4.63. The van der Waals surface area contributed by atoms with Gasteiger partial charge in [0.05, 0.1) is 12.6 Å². The largest absolute Gasteiger partial charge is 0.448 e. The van der Waals surface area contributed by atoms with Crippen LogP contribution in [0.4, 0.5) is 4.79 Å². The van der Waals surface area contributed by atoms with E-state index in [4.69, 9.17) is 11.5 Å². The van der Waals surface area contributed by atoms with Crippen LogP contribution in [0.2, 0.25) is 0 Å². The van der Waals surface area contributed by atoms with Crippen LogP contribution in [-0.2, 0) is 16.0 Å². The number of aromatic nitrogens is 1. The number of hydrogen-bond donors (Lipinski definition) is 4. The summed E-state index contributed by atoms with van der Waals surface area (Å²) in [4.78, 5) is 25.3. The summed E-state index contributed by atoms with van der Waals surface area (Å²) in [5, 5.41) is 3.64. The highest BCUT2D eigenvalue weighted by atomic mass is 16.5. The third-order valence-electron chi connectivity index (χ3n) is 3.10. The highest BCUT2D eigenvalue weighted by Gasteiger charge is 2.15. The van der Waals surface area contributed by atoms with Gasteiger partial charge in [-0.05, 0) is 18.1 Å². The van der Waals surface area contributed by atoms with Crippen LogP contribution in [0, 0.1) is 0 Å². The van der Waals surface area contributed by atoms with Gasteiger partial charge in [0.15, 0.2) is 0 Å². The molecule has 0 bridgehead atoms. The van der Waals surface area contributed by atoms with Crippen molar-refractivity contribution < 1.29 is 14.3 Å². The molecule has 1 aromatic carbocycles. The fourth-order valence-corrected chi connectivity index (χ4v) is 2.09. The molecule has 21 heavy (non-hydrogen) atoms. The van der Waals surface area contributed by atoms with E-state index in [-0.39, 0.29) is 19.1 Å². The molecule has 0 aliphatic heterocycles. The highest BCUT2D eigenvalue weighted by Crippen LogP contribution is 2.18. The van der Waals surface area contributed by atoms with Gasteiger partial charge in [-0.15, -0.1) is 0 Å². The quantitative estimate of drug-likeness (QED) is 0.569. The smallest absolute Gasteiger partial charge is 0.404 e. The fraction of sp³-hybridized carbons (Fsp3) is 0.286. The summed E-state index contributed by atoms with van der Waals surface area (Å²) in [7, 11) is 0. The molecule has 1 aromatic heterocycles. The predicted molar refractivity (Wildman–Crippen MR) is 78.5 cm³/mol. The number of hydrogen-bond acceptors (Lipinski definition) is 4. The van der Waals surface area contributed by atoms with Crippen molar-refractivity contribution in [2.24, 2.45) is 11.5 Å². The number of para-hydroxylation sites is 1. The van der Waals surface area contributed by atoms with Gasteiger partial charge >= 0.3 is 6.09 Å². The predicted octanol–water partition coefficient (Wildman–Crippen LogP) is 0.249. The Balaban J connectivity index is 1.87. The summed E-state index contributed by atoms with van der Waals surface area (Å²) in [6.07, 6.45) is 1.41. The molecule has 7 nitrogen and oxygen atoms in total. The topological polar surface area (TPSA) is 123 Å². The summed E-state index contributed by atoms with van der Waals surface area (Å²) < 4.78 is 4.51. The second-order valence-electron chi connectivity index (χ2n) is 4.63. The van der Waals surface area contributed by atoms with Gasteiger partial charge in [-0.2, -0.15) is 0 Å². The van der Waals surface area contributed by atoms with E-state index in [1.54, 1.807) is 0 Å². The molecule has 0 spiro atoms. The van der Waals surface area contributed by atoms with E-state index in [0.29, 0.717) is 6.42 Å². The molecule has 0 radical (unpaired) electrons. The molecule has 2 aromatic rings. The number of carbonyl (C=O) groups excluding carboxylic acids is 2. The van der Waals surface area contributed by atoms with E-state index in [1.807, 2.05) is 30.5 Å². The molecule has 0 aliphatic rings. The number of rotatable bonds is 6. The molecule has 0 fully saturated rings. The van der Waals surface area contributed by atoms with Gasteiger partial charge in [-0.25, -0.2) is 4.79 Å². The van der Waals surface area contributed by atoms with Crippen LogP contribution in [0.3, 0.4) is 0 Å². The van der Waals surface area contributed by atoms with E-state index >= 15 is 0 Å². The maximum absolute atomic E-state index is 11.8. The number of nitrogens with one attached hydrogen (secondary N) is 2. The molecular formula is C14H18N4O3. The van der Waals surface area contributed by atoms with E-state index < -0.39 is 12.1 Å². The van der Waals surface area contributed by atoms with Crippen LogP contribution in [0.1, 0.15) is 5.56 Å². The molecular weight excluding hydrogens is 272 g/mol. The van der Waals surface area contributed by atoms with Crippen molar-refractivity contribution in [1.29, 1.82) is 0 Å². The SMILES string of the molecule is NC(=O)OCCNC(=O)C(N)Cc1c[nH]c2ccccc12. The lowest BCUT2D eigenvalue weighted by Crippen LogP contribution is -2.43. The minimum absolute atomic E-state index is 0.0286. The van der Waals surface area contributed by atoms with Crippen molar-refractivity contribution >= 4 is 22.9 Å². The third kappa shape index (κ3) is 3.96. The van der Waals surface area contributed by atoms with E-state index in [9.17, 15) is 9.59 Å². The number of H-pyrrole nitrogens is 1. The molecule has 2 amide bonds. The Labute approximate surface area is 121 Å². The number of ether oxygens (including phenoxy) is 1. The van der Waals surface area contributed by atoms with Gasteiger partial charge < -0.3 is 26.5 Å². The van der Waals surface area contributed by atoms with E-state index in [2.05, 4.69) is 15.0 Å². The van der Waals surface area contributed by atoms with E-state index in [1.165, 1.54) is 0 Å². The van der Waals surface area contributed by atoms with Gasteiger partial charge in [-0.3, -0.25) is 4.79 Å². The first-order valence-electron chi connectivity index (χ1n) is 6.58. The third-order valence-corrected chi connectivity index (χ3v) is 3.10. The van der Waals surface area contributed by atoms with Crippen molar-refractivity contribution in [2.75, 3.05) is 13.2 Å². The van der Waals surface area contributed by atoms with Crippen LogP contribution >= 0.6 is 0 Å². The summed E-state index contributed by atoms with van der Waals surface area (Å²) in [5.74, 6) is -0.298. The van der Waals surface area contributed by atoms with E-state index in [0.717, 1.165) is 16.5 Å². The highest BCUT2D eigenvalue weighted by molar-refractivity contribution is 5.86. The van der Waals surface area contributed by atoms with Crippen LogP contribution in [0.5, 0.6) is 0 Å². The van der Waals surface area contributed by atoms with Crippen molar-refractivity contribution in [1.82, 2.24) is 10.3 Å². The molecule has 6 N–H and O–H groups in total. The molecule has 0 saturated heterocycles. The van der Waals surface area contributed by atoms with Crippen LogP contribution in [-0.4, -0.2) is 36.2 Å². The van der Waals surface area contributed by atoms with Crippen molar-refractivity contribution in [3.8, 4) is 0 Å². The fourth-order valence-electron chi connectivity index (χ4n) is 2.09. The number of fused-ring (bicyclic) bond motifs is 1. The summed E-state index contributed by atoms with van der Waals surface area (Å²) in [5.41, 5.74) is 12.7. The summed E-state index contributed by atoms with van der Waals surface area (Å²) in [6.45, 7) is 0.213. The standard InChI is InChI=1S/C14H18N4O3/c15-11(13(19)17-5-6-21-14(16)20)7-9-8-18-12-4-2-1-3-10(9)12/h1-4,8,11,18H,5-7,15H2,(H2,16,20)(H,17,19). The Hall–Kier alpha value is -2.54. The number of carbonyl (C=O) groups is 2. The van der Waals surface area contributed by atoms with Gasteiger partial charge in [0, 0.05) is 17.1 Å².